The Kier molecular flexibility index (Phi) is 6.30. The molecule has 2 aromatic carbocycles. The van der Waals surface area contributed by atoms with Gasteiger partial charge < -0.3 is 5.32 Å². The highest BCUT2D eigenvalue weighted by Crippen LogP contribution is 2.42. The fraction of sp³-hybridized carbons (Fsp3) is 0.150. The molecule has 1 unspecified atom stereocenters. The molecule has 142 valence electrons. The number of rotatable bonds is 4. The van der Waals surface area contributed by atoms with Crippen LogP contribution in [0.3, 0.4) is 0 Å². The van der Waals surface area contributed by atoms with Gasteiger partial charge in [0.1, 0.15) is 16.7 Å². The van der Waals surface area contributed by atoms with E-state index in [0.717, 1.165) is 5.56 Å². The van der Waals surface area contributed by atoms with Crippen LogP contribution in [0.2, 0.25) is 10.0 Å². The zero-order chi connectivity index (χ0) is 20.3. The third-order valence-electron chi connectivity index (χ3n) is 4.13. The lowest BCUT2D eigenvalue weighted by atomic mass is 10.1. The van der Waals surface area contributed by atoms with E-state index in [2.05, 4.69) is 5.32 Å². The van der Waals surface area contributed by atoms with Crippen molar-refractivity contribution in [2.45, 2.75) is 11.7 Å². The number of hydrogen-bond donors (Lipinski definition) is 1. The van der Waals surface area contributed by atoms with E-state index in [0.29, 0.717) is 27.2 Å². The van der Waals surface area contributed by atoms with E-state index in [-0.39, 0.29) is 11.5 Å². The molecule has 1 atom stereocenters. The molecular formula is C20H15Cl2N3O2S. The maximum Gasteiger partial charge on any atom is 0.264 e. The summed E-state index contributed by atoms with van der Waals surface area (Å²) in [6, 6.07) is 15.9. The van der Waals surface area contributed by atoms with Crippen LogP contribution in [0.5, 0.6) is 0 Å². The molecular weight excluding hydrogens is 417 g/mol. The molecule has 1 aliphatic heterocycles. The minimum atomic E-state index is -0.542. The number of carbonyl (C=O) groups excluding carboxylic acids is 2. The van der Waals surface area contributed by atoms with E-state index >= 15 is 0 Å². The molecule has 0 saturated carbocycles. The molecule has 28 heavy (non-hydrogen) atoms. The summed E-state index contributed by atoms with van der Waals surface area (Å²) in [4.78, 5) is 26.8. The van der Waals surface area contributed by atoms with Crippen molar-refractivity contribution in [2.24, 2.45) is 0 Å². The molecule has 1 aliphatic rings. The van der Waals surface area contributed by atoms with Gasteiger partial charge in [-0.05, 0) is 48.4 Å². The van der Waals surface area contributed by atoms with Crippen LogP contribution in [0.4, 0.5) is 5.69 Å². The van der Waals surface area contributed by atoms with Gasteiger partial charge in [-0.15, -0.1) is 0 Å². The number of nitriles is 1. The molecule has 1 saturated heterocycles. The fourth-order valence-corrected chi connectivity index (χ4v) is 4.46. The van der Waals surface area contributed by atoms with Gasteiger partial charge in [0.2, 0.25) is 5.91 Å². The van der Waals surface area contributed by atoms with Gasteiger partial charge in [-0.2, -0.15) is 5.26 Å². The van der Waals surface area contributed by atoms with Gasteiger partial charge >= 0.3 is 0 Å². The third kappa shape index (κ3) is 4.17. The monoisotopic (exact) mass is 431 g/mol. The van der Waals surface area contributed by atoms with Gasteiger partial charge in [0.05, 0.1) is 5.25 Å². The summed E-state index contributed by atoms with van der Waals surface area (Å²) in [7, 11) is 1.44. The lowest BCUT2D eigenvalue weighted by molar-refractivity contribution is -0.117. The second-order valence-electron chi connectivity index (χ2n) is 5.96. The highest BCUT2D eigenvalue weighted by molar-refractivity contribution is 8.05. The normalized spacial score (nSPS) is 18.0. The molecule has 1 fully saturated rings. The molecule has 0 bridgehead atoms. The minimum Gasteiger partial charge on any atom is -0.354 e. The van der Waals surface area contributed by atoms with Crippen LogP contribution >= 0.6 is 35.0 Å². The van der Waals surface area contributed by atoms with Crippen LogP contribution in [0.15, 0.2) is 59.1 Å². The van der Waals surface area contributed by atoms with Crippen LogP contribution in [0.1, 0.15) is 5.56 Å². The summed E-state index contributed by atoms with van der Waals surface area (Å²) in [5.74, 6) is -0.751. The standard InChI is InChI=1S/C20H15Cl2N3O2S/c1-24-18(26)16(11-23)20-25(15-7-5-13(21)6-8-15)19(27)17(28-20)10-12-3-2-4-14(22)9-12/h2-9,17H,10H2,1H3,(H,24,26)/b20-16-. The number of likely N-dealkylation sites (N-methyl/N-ethyl adjacent to an activating group) is 1. The maximum atomic E-state index is 13.2. The Hall–Kier alpha value is -2.46. The van der Waals surface area contributed by atoms with E-state index in [1.807, 2.05) is 18.2 Å². The first-order chi connectivity index (χ1) is 13.4. The van der Waals surface area contributed by atoms with Crippen LogP contribution in [-0.4, -0.2) is 24.1 Å². The van der Waals surface area contributed by atoms with Crippen molar-refractivity contribution in [1.82, 2.24) is 5.32 Å². The predicted molar refractivity (Wildman–Crippen MR) is 112 cm³/mol. The number of halogens is 2. The number of nitrogens with zero attached hydrogens (tertiary/aromatic N) is 2. The number of carbonyl (C=O) groups is 2. The van der Waals surface area contributed by atoms with E-state index in [9.17, 15) is 14.9 Å². The predicted octanol–water partition coefficient (Wildman–Crippen LogP) is 4.17. The van der Waals surface area contributed by atoms with Gasteiger partial charge in [-0.3, -0.25) is 14.5 Å². The molecule has 1 heterocycles. The Morgan fingerprint density at radius 1 is 1.21 bits per heavy atom. The summed E-state index contributed by atoms with van der Waals surface area (Å²) in [6.07, 6.45) is 0.421. The van der Waals surface area contributed by atoms with Gasteiger partial charge in [-0.1, -0.05) is 47.1 Å². The summed E-state index contributed by atoms with van der Waals surface area (Å²) < 4.78 is 0. The summed E-state index contributed by atoms with van der Waals surface area (Å²) in [6.45, 7) is 0. The number of hydrogen-bond acceptors (Lipinski definition) is 4. The molecule has 0 spiro atoms. The lowest BCUT2D eigenvalue weighted by Gasteiger charge is -2.18. The molecule has 8 heteroatoms. The summed E-state index contributed by atoms with van der Waals surface area (Å²) in [5, 5.41) is 12.9. The van der Waals surface area contributed by atoms with Gasteiger partial charge in [0.25, 0.3) is 5.91 Å². The quantitative estimate of drug-likeness (QED) is 0.582. The van der Waals surface area contributed by atoms with E-state index < -0.39 is 11.2 Å². The first-order valence-corrected chi connectivity index (χ1v) is 9.95. The molecule has 1 N–H and O–H groups in total. The minimum absolute atomic E-state index is 0.107. The van der Waals surface area contributed by atoms with Crippen LogP contribution in [-0.2, 0) is 16.0 Å². The van der Waals surface area contributed by atoms with Crippen LogP contribution in [0.25, 0.3) is 0 Å². The Morgan fingerprint density at radius 3 is 2.54 bits per heavy atom. The van der Waals surface area contributed by atoms with Crippen molar-refractivity contribution in [2.75, 3.05) is 11.9 Å². The zero-order valence-corrected chi connectivity index (χ0v) is 17.1. The Morgan fingerprint density at radius 2 is 1.93 bits per heavy atom. The second kappa shape index (κ2) is 8.70. The molecule has 3 rings (SSSR count). The smallest absolute Gasteiger partial charge is 0.264 e. The lowest BCUT2D eigenvalue weighted by Crippen LogP contribution is -2.31. The maximum absolute atomic E-state index is 13.2. The van der Waals surface area contributed by atoms with Crippen molar-refractivity contribution < 1.29 is 9.59 Å². The highest BCUT2D eigenvalue weighted by atomic mass is 35.5. The van der Waals surface area contributed by atoms with Crippen molar-refractivity contribution in [1.29, 1.82) is 5.26 Å². The number of anilines is 1. The van der Waals surface area contributed by atoms with Crippen LogP contribution in [0, 0.1) is 11.3 Å². The molecule has 0 aliphatic carbocycles. The number of amides is 2. The number of nitrogens with one attached hydrogen (secondary N) is 1. The SMILES string of the molecule is CNC(=O)/C(C#N)=C1\SC(Cc2cccc(Cl)c2)C(=O)N1c1ccc(Cl)cc1. The van der Waals surface area contributed by atoms with Crippen LogP contribution < -0.4 is 10.2 Å². The fourth-order valence-electron chi connectivity index (χ4n) is 2.82. The molecule has 2 amide bonds. The molecule has 5 nitrogen and oxygen atoms in total. The largest absolute Gasteiger partial charge is 0.354 e. The zero-order valence-electron chi connectivity index (χ0n) is 14.8. The Bertz CT molecular complexity index is 999. The first kappa shape index (κ1) is 20.3. The second-order valence-corrected chi connectivity index (χ2v) is 8.03. The Balaban J connectivity index is 2.04. The van der Waals surface area contributed by atoms with Crippen molar-refractivity contribution >= 4 is 52.5 Å². The van der Waals surface area contributed by atoms with E-state index in [1.54, 1.807) is 36.4 Å². The van der Waals surface area contributed by atoms with E-state index in [1.165, 1.54) is 23.7 Å². The summed E-state index contributed by atoms with van der Waals surface area (Å²) >= 11 is 13.2. The third-order valence-corrected chi connectivity index (χ3v) is 5.88. The molecule has 0 radical (unpaired) electrons. The highest BCUT2D eigenvalue weighted by Gasteiger charge is 2.40. The number of benzene rings is 2. The topological polar surface area (TPSA) is 73.2 Å². The average Bonchev–Trinajstić information content (AvgIpc) is 2.99. The van der Waals surface area contributed by atoms with Gasteiger partial charge in [-0.25, -0.2) is 0 Å². The van der Waals surface area contributed by atoms with Crippen molar-refractivity contribution in [3.05, 3.63) is 74.7 Å². The van der Waals surface area contributed by atoms with E-state index in [4.69, 9.17) is 23.2 Å². The molecule has 0 aromatic heterocycles. The summed E-state index contributed by atoms with van der Waals surface area (Å²) in [5.41, 5.74) is 1.33. The van der Waals surface area contributed by atoms with Crippen molar-refractivity contribution in [3.8, 4) is 6.07 Å². The number of thioether (sulfide) groups is 1. The van der Waals surface area contributed by atoms with Gasteiger partial charge in [0, 0.05) is 22.8 Å². The van der Waals surface area contributed by atoms with Crippen molar-refractivity contribution in [3.63, 3.8) is 0 Å². The van der Waals surface area contributed by atoms with Gasteiger partial charge in [0.15, 0.2) is 0 Å². The molecule has 2 aromatic rings. The first-order valence-electron chi connectivity index (χ1n) is 8.31. The Labute approximate surface area is 176 Å². The average molecular weight is 432 g/mol.